The molecule has 0 aromatic carbocycles. The van der Waals surface area contributed by atoms with Gasteiger partial charge in [-0.25, -0.2) is 0 Å². The molecule has 2 saturated heterocycles. The molecule has 0 bridgehead atoms. The van der Waals surface area contributed by atoms with Crippen molar-refractivity contribution in [1.29, 1.82) is 0 Å². The molecule has 0 spiro atoms. The first-order valence-electron chi connectivity index (χ1n) is 6.61. The second kappa shape index (κ2) is 5.43. The fourth-order valence-electron chi connectivity index (χ4n) is 3.23. The van der Waals surface area contributed by atoms with Crippen molar-refractivity contribution in [2.24, 2.45) is 0 Å². The lowest BCUT2D eigenvalue weighted by Crippen LogP contribution is -2.49. The Morgan fingerprint density at radius 3 is 2.59 bits per heavy atom. The first-order chi connectivity index (χ1) is 7.44. The Labute approximate surface area is 112 Å². The minimum absolute atomic E-state index is 0. The summed E-state index contributed by atoms with van der Waals surface area (Å²) in [6.45, 7) is 12.1. The van der Waals surface area contributed by atoms with Gasteiger partial charge in [0.1, 0.15) is 5.72 Å². The third-order valence-corrected chi connectivity index (χ3v) is 3.88. The molecule has 2 aliphatic rings. The molecular formula is C13H27ClN2O. The molecule has 2 rings (SSSR count). The Morgan fingerprint density at radius 1 is 1.35 bits per heavy atom. The maximum absolute atomic E-state index is 5.97. The average molecular weight is 263 g/mol. The van der Waals surface area contributed by atoms with Gasteiger partial charge in [0.2, 0.25) is 0 Å². The normalized spacial score (nSPS) is 37.1. The van der Waals surface area contributed by atoms with Gasteiger partial charge >= 0.3 is 0 Å². The molecule has 0 aromatic rings. The summed E-state index contributed by atoms with van der Waals surface area (Å²) in [6, 6.07) is 0.705. The van der Waals surface area contributed by atoms with Crippen molar-refractivity contribution in [3.05, 3.63) is 0 Å². The van der Waals surface area contributed by atoms with Crippen LogP contribution in [-0.2, 0) is 4.74 Å². The summed E-state index contributed by atoms with van der Waals surface area (Å²) in [5.74, 6) is 0. The lowest BCUT2D eigenvalue weighted by atomic mass is 10.0. The molecule has 1 N–H and O–H groups in total. The van der Waals surface area contributed by atoms with Crippen LogP contribution in [0.15, 0.2) is 0 Å². The van der Waals surface area contributed by atoms with Gasteiger partial charge in [0.25, 0.3) is 0 Å². The van der Waals surface area contributed by atoms with Crippen molar-refractivity contribution in [1.82, 2.24) is 10.2 Å². The monoisotopic (exact) mass is 262 g/mol. The standard InChI is InChI=1S/C13H26N2O.ClH/c1-5-15-8-6-7-11(15)9-13(4)14-12(2,3)10-16-13;/h11,14H,5-10H2,1-4H3;1H. The smallest absolute Gasteiger partial charge is 0.118 e. The lowest BCUT2D eigenvalue weighted by molar-refractivity contribution is -0.0175. The van der Waals surface area contributed by atoms with Crippen LogP contribution in [0.4, 0.5) is 0 Å². The van der Waals surface area contributed by atoms with E-state index >= 15 is 0 Å². The molecule has 0 saturated carbocycles. The largest absolute Gasteiger partial charge is 0.359 e. The van der Waals surface area contributed by atoms with Crippen LogP contribution in [0.5, 0.6) is 0 Å². The van der Waals surface area contributed by atoms with Gasteiger partial charge in [0.15, 0.2) is 0 Å². The molecule has 2 aliphatic heterocycles. The summed E-state index contributed by atoms with van der Waals surface area (Å²) in [4.78, 5) is 2.58. The Kier molecular flexibility index (Phi) is 4.87. The molecular weight excluding hydrogens is 236 g/mol. The van der Waals surface area contributed by atoms with E-state index in [4.69, 9.17) is 4.74 Å². The van der Waals surface area contributed by atoms with Gasteiger partial charge in [-0.05, 0) is 46.7 Å². The third-order valence-electron chi connectivity index (χ3n) is 3.88. The van der Waals surface area contributed by atoms with E-state index in [0.29, 0.717) is 6.04 Å². The van der Waals surface area contributed by atoms with Gasteiger partial charge in [0, 0.05) is 18.0 Å². The van der Waals surface area contributed by atoms with E-state index in [1.54, 1.807) is 0 Å². The van der Waals surface area contributed by atoms with Crippen LogP contribution >= 0.6 is 12.4 Å². The zero-order valence-electron chi connectivity index (χ0n) is 11.6. The quantitative estimate of drug-likeness (QED) is 0.845. The highest BCUT2D eigenvalue weighted by Crippen LogP contribution is 2.31. The fourth-order valence-corrected chi connectivity index (χ4v) is 3.23. The zero-order chi connectivity index (χ0) is 11.8. The molecule has 2 heterocycles. The van der Waals surface area contributed by atoms with Crippen LogP contribution in [0.1, 0.15) is 47.0 Å². The van der Waals surface area contributed by atoms with Crippen molar-refractivity contribution in [3.8, 4) is 0 Å². The summed E-state index contributed by atoms with van der Waals surface area (Å²) < 4.78 is 5.97. The highest BCUT2D eigenvalue weighted by atomic mass is 35.5. The Bertz CT molecular complexity index is 260. The minimum Gasteiger partial charge on any atom is -0.359 e. The van der Waals surface area contributed by atoms with Gasteiger partial charge in [0.05, 0.1) is 6.61 Å². The summed E-state index contributed by atoms with van der Waals surface area (Å²) in [7, 11) is 0. The van der Waals surface area contributed by atoms with Crippen LogP contribution in [0.25, 0.3) is 0 Å². The summed E-state index contributed by atoms with van der Waals surface area (Å²) in [5, 5.41) is 3.63. The third kappa shape index (κ3) is 3.57. The van der Waals surface area contributed by atoms with E-state index in [9.17, 15) is 0 Å². The number of ether oxygens (including phenoxy) is 1. The van der Waals surface area contributed by atoms with Crippen molar-refractivity contribution < 1.29 is 4.74 Å². The molecule has 2 atom stereocenters. The van der Waals surface area contributed by atoms with Gasteiger partial charge in [-0.15, -0.1) is 12.4 Å². The number of rotatable bonds is 3. The topological polar surface area (TPSA) is 24.5 Å². The van der Waals surface area contributed by atoms with E-state index in [1.807, 2.05) is 0 Å². The Morgan fingerprint density at radius 2 is 2.06 bits per heavy atom. The van der Waals surface area contributed by atoms with E-state index < -0.39 is 0 Å². The minimum atomic E-state index is -0.119. The second-order valence-electron chi connectivity index (χ2n) is 6.16. The average Bonchev–Trinajstić information content (AvgIpc) is 2.71. The second-order valence-corrected chi connectivity index (χ2v) is 6.16. The van der Waals surface area contributed by atoms with Crippen LogP contribution < -0.4 is 5.32 Å². The molecule has 4 heteroatoms. The summed E-state index contributed by atoms with van der Waals surface area (Å²) in [6.07, 6.45) is 3.79. The zero-order valence-corrected chi connectivity index (χ0v) is 12.4. The molecule has 0 amide bonds. The molecule has 0 aromatic heterocycles. The molecule has 2 fully saturated rings. The molecule has 2 unspecified atom stereocenters. The van der Waals surface area contributed by atoms with Gasteiger partial charge < -0.3 is 9.64 Å². The number of halogens is 1. The SMILES string of the molecule is CCN1CCCC1CC1(C)NC(C)(C)CO1.Cl. The summed E-state index contributed by atoms with van der Waals surface area (Å²) >= 11 is 0. The molecule has 102 valence electrons. The highest BCUT2D eigenvalue weighted by molar-refractivity contribution is 5.85. The van der Waals surface area contributed by atoms with Crippen LogP contribution in [0, 0.1) is 0 Å². The first-order valence-corrected chi connectivity index (χ1v) is 6.61. The van der Waals surface area contributed by atoms with Gasteiger partial charge in [-0.3, -0.25) is 5.32 Å². The van der Waals surface area contributed by atoms with Gasteiger partial charge in [-0.2, -0.15) is 0 Å². The van der Waals surface area contributed by atoms with Crippen molar-refractivity contribution in [2.75, 3.05) is 19.7 Å². The fraction of sp³-hybridized carbons (Fsp3) is 1.00. The predicted octanol–water partition coefficient (Wildman–Crippen LogP) is 2.40. The van der Waals surface area contributed by atoms with Crippen molar-refractivity contribution >= 4 is 12.4 Å². The van der Waals surface area contributed by atoms with E-state index in [1.165, 1.54) is 25.9 Å². The highest BCUT2D eigenvalue weighted by Gasteiger charge is 2.42. The predicted molar refractivity (Wildman–Crippen MR) is 73.7 cm³/mol. The lowest BCUT2D eigenvalue weighted by Gasteiger charge is -2.32. The van der Waals surface area contributed by atoms with Crippen molar-refractivity contribution in [3.63, 3.8) is 0 Å². The number of nitrogens with zero attached hydrogens (tertiary/aromatic N) is 1. The van der Waals surface area contributed by atoms with E-state index in [2.05, 4.69) is 37.9 Å². The van der Waals surface area contributed by atoms with Crippen molar-refractivity contribution in [2.45, 2.75) is 64.3 Å². The Balaban J connectivity index is 0.00000144. The van der Waals surface area contributed by atoms with Crippen LogP contribution in [-0.4, -0.2) is 41.9 Å². The first kappa shape index (κ1) is 15.2. The van der Waals surface area contributed by atoms with Crippen LogP contribution in [0.3, 0.4) is 0 Å². The maximum atomic E-state index is 5.97. The molecule has 17 heavy (non-hydrogen) atoms. The molecule has 0 aliphatic carbocycles. The molecule has 3 nitrogen and oxygen atoms in total. The maximum Gasteiger partial charge on any atom is 0.118 e. The summed E-state index contributed by atoms with van der Waals surface area (Å²) in [5.41, 5.74) is 0.0102. The Hall–Kier alpha value is 0.170. The van der Waals surface area contributed by atoms with Gasteiger partial charge in [-0.1, -0.05) is 6.92 Å². The molecule has 0 radical (unpaired) electrons. The number of nitrogens with one attached hydrogen (secondary N) is 1. The van der Waals surface area contributed by atoms with Crippen LogP contribution in [0.2, 0.25) is 0 Å². The van der Waals surface area contributed by atoms with E-state index in [0.717, 1.165) is 13.0 Å². The van der Waals surface area contributed by atoms with E-state index in [-0.39, 0.29) is 23.7 Å². The number of hydrogen-bond acceptors (Lipinski definition) is 3. The number of likely N-dealkylation sites (tertiary alicyclic amines) is 1. The number of hydrogen-bond donors (Lipinski definition) is 1.